The Hall–Kier alpha value is -2.96. The molecule has 0 aromatic heterocycles. The maximum absolute atomic E-state index is 13.5. The SMILES string of the molecule is CCCOc1ccc(C(=O)O[C@@H](C)C(=O)Nc2cc(F)ccc2F)cc1. The Kier molecular flexibility index (Phi) is 6.66. The van der Waals surface area contributed by atoms with Gasteiger partial charge in [0, 0.05) is 6.07 Å². The lowest BCUT2D eigenvalue weighted by molar-refractivity contribution is -0.123. The second-order valence-electron chi connectivity index (χ2n) is 5.53. The minimum atomic E-state index is -1.19. The van der Waals surface area contributed by atoms with Gasteiger partial charge in [-0.1, -0.05) is 6.92 Å². The smallest absolute Gasteiger partial charge is 0.338 e. The van der Waals surface area contributed by atoms with Gasteiger partial charge in [-0.25, -0.2) is 13.6 Å². The topological polar surface area (TPSA) is 64.6 Å². The van der Waals surface area contributed by atoms with Crippen molar-refractivity contribution in [1.82, 2.24) is 0 Å². The molecule has 0 fully saturated rings. The number of benzene rings is 2. The van der Waals surface area contributed by atoms with E-state index in [1.807, 2.05) is 6.92 Å². The summed E-state index contributed by atoms with van der Waals surface area (Å²) in [5.74, 6) is -2.35. The first-order chi connectivity index (χ1) is 12.4. The molecule has 0 aliphatic carbocycles. The minimum Gasteiger partial charge on any atom is -0.494 e. The van der Waals surface area contributed by atoms with Gasteiger partial charge in [0.15, 0.2) is 6.10 Å². The van der Waals surface area contributed by atoms with Gasteiger partial charge in [0.1, 0.15) is 17.4 Å². The molecular formula is C19H19F2NO4. The van der Waals surface area contributed by atoms with Gasteiger partial charge in [-0.2, -0.15) is 0 Å². The van der Waals surface area contributed by atoms with E-state index in [-0.39, 0.29) is 11.3 Å². The number of rotatable bonds is 7. The number of esters is 1. The molecule has 1 N–H and O–H groups in total. The summed E-state index contributed by atoms with van der Waals surface area (Å²) in [7, 11) is 0. The molecule has 0 unspecified atom stereocenters. The Morgan fingerprint density at radius 3 is 2.46 bits per heavy atom. The van der Waals surface area contributed by atoms with Crippen molar-refractivity contribution in [2.45, 2.75) is 26.4 Å². The molecule has 0 radical (unpaired) electrons. The number of amides is 1. The van der Waals surface area contributed by atoms with Crippen LogP contribution < -0.4 is 10.1 Å². The zero-order chi connectivity index (χ0) is 19.1. The number of ether oxygens (including phenoxy) is 2. The molecule has 0 saturated heterocycles. The van der Waals surface area contributed by atoms with Crippen LogP contribution in [0.4, 0.5) is 14.5 Å². The lowest BCUT2D eigenvalue weighted by Gasteiger charge is -2.14. The van der Waals surface area contributed by atoms with E-state index in [9.17, 15) is 18.4 Å². The fourth-order valence-electron chi connectivity index (χ4n) is 2.02. The highest BCUT2D eigenvalue weighted by Gasteiger charge is 2.20. The summed E-state index contributed by atoms with van der Waals surface area (Å²) < 4.78 is 37.1. The standard InChI is InChI=1S/C19H19F2NO4/c1-3-10-25-15-7-4-13(5-8-15)19(24)26-12(2)18(23)22-17-11-14(20)6-9-16(17)21/h4-9,11-12H,3,10H2,1-2H3,(H,22,23)/t12-/m0/s1. The van der Waals surface area contributed by atoms with E-state index in [0.29, 0.717) is 12.4 Å². The van der Waals surface area contributed by atoms with Crippen LogP contribution in [0.5, 0.6) is 5.75 Å². The Morgan fingerprint density at radius 2 is 1.81 bits per heavy atom. The highest BCUT2D eigenvalue weighted by atomic mass is 19.1. The molecule has 26 heavy (non-hydrogen) atoms. The molecule has 2 aromatic rings. The van der Waals surface area contributed by atoms with Crippen molar-refractivity contribution >= 4 is 17.6 Å². The number of carbonyl (C=O) groups is 2. The zero-order valence-electron chi connectivity index (χ0n) is 14.4. The van der Waals surface area contributed by atoms with E-state index in [1.165, 1.54) is 19.1 Å². The van der Waals surface area contributed by atoms with Gasteiger partial charge in [0.05, 0.1) is 17.9 Å². The molecular weight excluding hydrogens is 344 g/mol. The van der Waals surface area contributed by atoms with Gasteiger partial charge >= 0.3 is 5.97 Å². The monoisotopic (exact) mass is 363 g/mol. The van der Waals surface area contributed by atoms with Gasteiger partial charge in [-0.15, -0.1) is 0 Å². The molecule has 1 atom stereocenters. The molecule has 5 nitrogen and oxygen atoms in total. The Morgan fingerprint density at radius 1 is 1.12 bits per heavy atom. The highest BCUT2D eigenvalue weighted by Crippen LogP contribution is 2.17. The van der Waals surface area contributed by atoms with Crippen molar-refractivity contribution in [3.8, 4) is 5.75 Å². The first kappa shape index (κ1) is 19.4. The Balaban J connectivity index is 1.95. The van der Waals surface area contributed by atoms with Crippen LogP contribution in [-0.4, -0.2) is 24.6 Å². The van der Waals surface area contributed by atoms with Gasteiger partial charge in [0.2, 0.25) is 0 Å². The first-order valence-electron chi connectivity index (χ1n) is 8.10. The van der Waals surface area contributed by atoms with Crippen molar-refractivity contribution in [2.24, 2.45) is 0 Å². The first-order valence-corrected chi connectivity index (χ1v) is 8.10. The van der Waals surface area contributed by atoms with E-state index in [0.717, 1.165) is 24.6 Å². The average Bonchev–Trinajstić information content (AvgIpc) is 2.63. The van der Waals surface area contributed by atoms with Crippen molar-refractivity contribution in [1.29, 1.82) is 0 Å². The minimum absolute atomic E-state index is 0.241. The highest BCUT2D eigenvalue weighted by molar-refractivity contribution is 5.97. The van der Waals surface area contributed by atoms with Crippen LogP contribution in [-0.2, 0) is 9.53 Å². The lowest BCUT2D eigenvalue weighted by Crippen LogP contribution is -2.30. The third-order valence-corrected chi connectivity index (χ3v) is 3.40. The van der Waals surface area contributed by atoms with Crippen LogP contribution >= 0.6 is 0 Å². The summed E-state index contributed by atoms with van der Waals surface area (Å²) in [5, 5.41) is 2.19. The van der Waals surface area contributed by atoms with E-state index in [4.69, 9.17) is 9.47 Å². The molecule has 1 amide bonds. The molecule has 138 valence electrons. The summed E-state index contributed by atoms with van der Waals surface area (Å²) in [6.45, 7) is 3.88. The van der Waals surface area contributed by atoms with Gasteiger partial charge in [-0.3, -0.25) is 4.79 Å². The molecule has 7 heteroatoms. The molecule has 2 rings (SSSR count). The average molecular weight is 363 g/mol. The fraction of sp³-hybridized carbons (Fsp3) is 0.263. The quantitative estimate of drug-likeness (QED) is 0.757. The summed E-state index contributed by atoms with van der Waals surface area (Å²) in [6, 6.07) is 8.95. The predicted octanol–water partition coefficient (Wildman–Crippen LogP) is 3.94. The molecule has 0 spiro atoms. The lowest BCUT2D eigenvalue weighted by atomic mass is 10.2. The summed E-state index contributed by atoms with van der Waals surface area (Å²) >= 11 is 0. The summed E-state index contributed by atoms with van der Waals surface area (Å²) in [5.41, 5.74) is -0.0826. The molecule has 0 aliphatic rings. The van der Waals surface area contributed by atoms with Crippen molar-refractivity contribution in [2.75, 3.05) is 11.9 Å². The van der Waals surface area contributed by atoms with Crippen LogP contribution in [0.1, 0.15) is 30.6 Å². The number of halogens is 2. The summed E-state index contributed by atoms with van der Waals surface area (Å²) in [6.07, 6.45) is -0.330. The maximum Gasteiger partial charge on any atom is 0.338 e. The van der Waals surface area contributed by atoms with Crippen LogP contribution in [0, 0.1) is 11.6 Å². The number of hydrogen-bond donors (Lipinski definition) is 1. The third kappa shape index (κ3) is 5.27. The van der Waals surface area contributed by atoms with Gasteiger partial charge < -0.3 is 14.8 Å². The van der Waals surface area contributed by atoms with Crippen LogP contribution in [0.2, 0.25) is 0 Å². The number of carbonyl (C=O) groups excluding carboxylic acids is 2. The number of hydrogen-bond acceptors (Lipinski definition) is 4. The Labute approximate surface area is 149 Å². The molecule has 0 aliphatic heterocycles. The molecule has 2 aromatic carbocycles. The summed E-state index contributed by atoms with van der Waals surface area (Å²) in [4.78, 5) is 24.1. The van der Waals surface area contributed by atoms with Crippen LogP contribution in [0.25, 0.3) is 0 Å². The fourth-order valence-corrected chi connectivity index (χ4v) is 2.02. The second-order valence-corrected chi connectivity index (χ2v) is 5.53. The van der Waals surface area contributed by atoms with Crippen molar-refractivity contribution < 1.29 is 27.8 Å². The Bertz CT molecular complexity index is 778. The van der Waals surface area contributed by atoms with Crippen LogP contribution in [0.15, 0.2) is 42.5 Å². The zero-order valence-corrected chi connectivity index (χ0v) is 14.4. The number of nitrogens with one attached hydrogen (secondary N) is 1. The maximum atomic E-state index is 13.5. The van der Waals surface area contributed by atoms with E-state index < -0.39 is 29.6 Å². The van der Waals surface area contributed by atoms with Crippen molar-refractivity contribution in [3.05, 3.63) is 59.7 Å². The van der Waals surface area contributed by atoms with Gasteiger partial charge in [0.25, 0.3) is 5.91 Å². The van der Waals surface area contributed by atoms with E-state index in [1.54, 1.807) is 12.1 Å². The number of anilines is 1. The predicted molar refractivity (Wildman–Crippen MR) is 92.1 cm³/mol. The van der Waals surface area contributed by atoms with Crippen LogP contribution in [0.3, 0.4) is 0 Å². The second kappa shape index (κ2) is 8.94. The van der Waals surface area contributed by atoms with E-state index >= 15 is 0 Å². The third-order valence-electron chi connectivity index (χ3n) is 3.40. The molecule has 0 saturated carbocycles. The normalized spacial score (nSPS) is 11.5. The van der Waals surface area contributed by atoms with Crippen molar-refractivity contribution in [3.63, 3.8) is 0 Å². The van der Waals surface area contributed by atoms with E-state index in [2.05, 4.69) is 5.32 Å². The largest absolute Gasteiger partial charge is 0.494 e. The molecule has 0 bridgehead atoms. The van der Waals surface area contributed by atoms with Gasteiger partial charge in [-0.05, 0) is 49.7 Å². The molecule has 0 heterocycles.